The van der Waals surface area contributed by atoms with Crippen molar-refractivity contribution in [1.29, 1.82) is 0 Å². The van der Waals surface area contributed by atoms with E-state index in [1.807, 2.05) is 6.92 Å². The summed E-state index contributed by atoms with van der Waals surface area (Å²) in [7, 11) is 0. The van der Waals surface area contributed by atoms with E-state index in [2.05, 4.69) is 10.6 Å². The van der Waals surface area contributed by atoms with Crippen LogP contribution >= 0.6 is 0 Å². The summed E-state index contributed by atoms with van der Waals surface area (Å²) < 4.78 is 5.50. The van der Waals surface area contributed by atoms with Gasteiger partial charge in [0, 0.05) is 0 Å². The number of carboxylic acid groups (broad SMARTS) is 1. The van der Waals surface area contributed by atoms with Gasteiger partial charge in [0.25, 0.3) is 11.8 Å². The van der Waals surface area contributed by atoms with Crippen LogP contribution in [0, 0.1) is 0 Å². The first-order valence-corrected chi connectivity index (χ1v) is 7.58. The topological polar surface area (TPSA) is 105 Å². The maximum absolute atomic E-state index is 12.4. The van der Waals surface area contributed by atoms with Crippen molar-refractivity contribution in [2.75, 3.05) is 5.32 Å². The summed E-state index contributed by atoms with van der Waals surface area (Å²) in [4.78, 5) is 35.3. The van der Waals surface area contributed by atoms with Crippen LogP contribution in [0.2, 0.25) is 0 Å². The molecular weight excluding hydrogens is 300 g/mol. The van der Waals surface area contributed by atoms with Crippen LogP contribution in [0.5, 0.6) is 5.75 Å². The molecule has 23 heavy (non-hydrogen) atoms. The van der Waals surface area contributed by atoms with Gasteiger partial charge in [0.15, 0.2) is 11.9 Å². The van der Waals surface area contributed by atoms with Gasteiger partial charge in [-0.1, -0.05) is 25.8 Å². The smallest absolute Gasteiger partial charge is 0.326 e. The molecule has 0 spiro atoms. The minimum atomic E-state index is -1.07. The summed E-state index contributed by atoms with van der Waals surface area (Å²) in [6.45, 7) is 3.53. The average molecular weight is 320 g/mol. The monoisotopic (exact) mass is 320 g/mol. The Hall–Kier alpha value is -2.57. The third-order valence-electron chi connectivity index (χ3n) is 3.63. The third-order valence-corrected chi connectivity index (χ3v) is 3.63. The molecule has 1 heterocycles. The van der Waals surface area contributed by atoms with Crippen molar-refractivity contribution < 1.29 is 24.2 Å². The zero-order chi connectivity index (χ0) is 17.0. The van der Waals surface area contributed by atoms with Crippen LogP contribution in [-0.4, -0.2) is 35.0 Å². The molecule has 0 saturated carbocycles. The molecule has 1 aromatic carbocycles. The van der Waals surface area contributed by atoms with Crippen LogP contribution < -0.4 is 15.4 Å². The summed E-state index contributed by atoms with van der Waals surface area (Å²) in [6, 6.07) is 3.82. The highest BCUT2D eigenvalue weighted by Crippen LogP contribution is 2.33. The molecule has 2 amide bonds. The van der Waals surface area contributed by atoms with Gasteiger partial charge in [-0.05, 0) is 25.5 Å². The van der Waals surface area contributed by atoms with Gasteiger partial charge < -0.3 is 20.5 Å². The van der Waals surface area contributed by atoms with Gasteiger partial charge in [-0.15, -0.1) is 0 Å². The fourth-order valence-electron chi connectivity index (χ4n) is 2.31. The molecular formula is C16H20N2O5. The van der Waals surface area contributed by atoms with Crippen LogP contribution in [0.4, 0.5) is 5.69 Å². The minimum absolute atomic E-state index is 0.206. The highest BCUT2D eigenvalue weighted by Gasteiger charge is 2.29. The van der Waals surface area contributed by atoms with E-state index in [-0.39, 0.29) is 17.2 Å². The minimum Gasteiger partial charge on any atom is -0.480 e. The number of fused-ring (bicyclic) bond motifs is 1. The van der Waals surface area contributed by atoms with Crippen molar-refractivity contribution >= 4 is 23.5 Å². The maximum atomic E-state index is 12.4. The molecule has 0 radical (unpaired) electrons. The molecule has 3 N–H and O–H groups in total. The number of carboxylic acids is 1. The van der Waals surface area contributed by atoms with Crippen molar-refractivity contribution in [1.82, 2.24) is 5.32 Å². The summed E-state index contributed by atoms with van der Waals surface area (Å²) >= 11 is 0. The van der Waals surface area contributed by atoms with Crippen molar-refractivity contribution in [2.45, 2.75) is 45.3 Å². The van der Waals surface area contributed by atoms with Crippen LogP contribution in [0.3, 0.4) is 0 Å². The molecule has 1 aliphatic rings. The number of carbonyl (C=O) groups is 3. The molecule has 2 rings (SSSR count). The zero-order valence-electron chi connectivity index (χ0n) is 13.1. The number of rotatable bonds is 6. The van der Waals surface area contributed by atoms with Crippen LogP contribution in [0.1, 0.15) is 43.5 Å². The highest BCUT2D eigenvalue weighted by atomic mass is 16.5. The van der Waals surface area contributed by atoms with Gasteiger partial charge in [-0.2, -0.15) is 0 Å². The second-order valence-corrected chi connectivity index (χ2v) is 5.44. The van der Waals surface area contributed by atoms with Crippen LogP contribution in [-0.2, 0) is 9.59 Å². The third kappa shape index (κ3) is 3.80. The van der Waals surface area contributed by atoms with Crippen molar-refractivity contribution in [3.05, 3.63) is 23.8 Å². The van der Waals surface area contributed by atoms with E-state index in [1.165, 1.54) is 6.07 Å². The fourth-order valence-corrected chi connectivity index (χ4v) is 2.31. The van der Waals surface area contributed by atoms with Gasteiger partial charge in [-0.3, -0.25) is 9.59 Å². The van der Waals surface area contributed by atoms with E-state index in [9.17, 15) is 19.5 Å². The first kappa shape index (κ1) is 16.8. The number of benzene rings is 1. The number of hydrogen-bond donors (Lipinski definition) is 3. The normalized spacial score (nSPS) is 17.5. The molecule has 0 aliphatic carbocycles. The Bertz CT molecular complexity index is 629. The Balaban J connectivity index is 2.21. The molecule has 1 aromatic rings. The van der Waals surface area contributed by atoms with Gasteiger partial charge in [0.1, 0.15) is 6.04 Å². The van der Waals surface area contributed by atoms with Gasteiger partial charge in [0.05, 0.1) is 11.3 Å². The maximum Gasteiger partial charge on any atom is 0.326 e. The molecule has 124 valence electrons. The van der Waals surface area contributed by atoms with E-state index in [0.717, 1.165) is 6.42 Å². The van der Waals surface area contributed by atoms with Gasteiger partial charge in [0.2, 0.25) is 0 Å². The lowest BCUT2D eigenvalue weighted by atomic mass is 10.1. The molecule has 1 aliphatic heterocycles. The predicted molar refractivity (Wildman–Crippen MR) is 83.6 cm³/mol. The zero-order valence-corrected chi connectivity index (χ0v) is 13.1. The average Bonchev–Trinajstić information content (AvgIpc) is 2.51. The Labute approximate surface area is 134 Å². The number of para-hydroxylation sites is 1. The van der Waals surface area contributed by atoms with Crippen LogP contribution in [0.25, 0.3) is 0 Å². The summed E-state index contributed by atoms with van der Waals surface area (Å²) in [6.07, 6.45) is 1.19. The van der Waals surface area contributed by atoms with Gasteiger partial charge >= 0.3 is 5.97 Å². The van der Waals surface area contributed by atoms with E-state index in [0.29, 0.717) is 18.5 Å². The second kappa shape index (κ2) is 7.13. The molecule has 7 heteroatoms. The quantitative estimate of drug-likeness (QED) is 0.741. The van der Waals surface area contributed by atoms with Crippen molar-refractivity contribution in [2.24, 2.45) is 0 Å². The SMILES string of the molecule is CCCCC(NC(=O)c1cccc2c1OC(C)C(=O)N2)C(=O)O. The van der Waals surface area contributed by atoms with E-state index in [1.54, 1.807) is 19.1 Å². The molecule has 2 atom stereocenters. The van der Waals surface area contributed by atoms with E-state index < -0.39 is 24.0 Å². The largest absolute Gasteiger partial charge is 0.480 e. The lowest BCUT2D eigenvalue weighted by Crippen LogP contribution is -2.41. The van der Waals surface area contributed by atoms with Crippen molar-refractivity contribution in [3.8, 4) is 5.75 Å². The van der Waals surface area contributed by atoms with Crippen molar-refractivity contribution in [3.63, 3.8) is 0 Å². The number of nitrogens with one attached hydrogen (secondary N) is 2. The lowest BCUT2D eigenvalue weighted by Gasteiger charge is -2.25. The number of anilines is 1. The number of amides is 2. The fraction of sp³-hybridized carbons (Fsp3) is 0.438. The number of unbranched alkanes of at least 4 members (excludes halogenated alkanes) is 1. The summed E-state index contributed by atoms with van der Waals surface area (Å²) in [5, 5.41) is 14.4. The molecule has 0 aromatic heterocycles. The number of carbonyl (C=O) groups excluding carboxylic acids is 2. The molecule has 0 bridgehead atoms. The Morgan fingerprint density at radius 2 is 2.17 bits per heavy atom. The first-order chi connectivity index (χ1) is 10.9. The molecule has 0 fully saturated rings. The van der Waals surface area contributed by atoms with E-state index in [4.69, 9.17) is 4.74 Å². The predicted octanol–water partition coefficient (Wildman–Crippen LogP) is 1.78. The van der Waals surface area contributed by atoms with Gasteiger partial charge in [-0.25, -0.2) is 4.79 Å². The van der Waals surface area contributed by atoms with E-state index >= 15 is 0 Å². The molecule has 0 saturated heterocycles. The Morgan fingerprint density at radius 3 is 2.83 bits per heavy atom. The number of hydrogen-bond acceptors (Lipinski definition) is 4. The first-order valence-electron chi connectivity index (χ1n) is 7.58. The highest BCUT2D eigenvalue weighted by molar-refractivity contribution is 6.04. The second-order valence-electron chi connectivity index (χ2n) is 5.44. The lowest BCUT2D eigenvalue weighted by molar-refractivity contribution is -0.139. The summed E-state index contributed by atoms with van der Waals surface area (Å²) in [5.74, 6) is -1.63. The number of aliphatic carboxylic acids is 1. The number of ether oxygens (including phenoxy) is 1. The van der Waals surface area contributed by atoms with Crippen LogP contribution in [0.15, 0.2) is 18.2 Å². The Morgan fingerprint density at radius 1 is 1.43 bits per heavy atom. The standard InChI is InChI=1S/C16H20N2O5/c1-3-4-7-12(16(21)22)18-15(20)10-6-5-8-11-13(10)23-9(2)14(19)17-11/h5-6,8-9,12H,3-4,7H2,1-2H3,(H,17,19)(H,18,20)(H,21,22). The molecule has 2 unspecified atom stereocenters. The Kier molecular flexibility index (Phi) is 5.20. The summed E-state index contributed by atoms with van der Waals surface area (Å²) in [5.41, 5.74) is 0.610. The molecule has 7 nitrogen and oxygen atoms in total.